The number of methoxy groups -OCH3 is 1. The van der Waals surface area contributed by atoms with Crippen LogP contribution in [-0.2, 0) is 4.79 Å². The number of hydrogen-bond donors (Lipinski definition) is 5. The van der Waals surface area contributed by atoms with E-state index in [9.17, 15) is 4.79 Å². The number of ether oxygens (including phenoxy) is 1. The van der Waals surface area contributed by atoms with Gasteiger partial charge in [0, 0.05) is 36.8 Å². The van der Waals surface area contributed by atoms with Gasteiger partial charge in [-0.2, -0.15) is 0 Å². The van der Waals surface area contributed by atoms with Gasteiger partial charge in [-0.15, -0.1) is 0 Å². The van der Waals surface area contributed by atoms with Gasteiger partial charge in [-0.1, -0.05) is 6.07 Å². The first-order valence-electron chi connectivity index (χ1n) is 10.2. The predicted molar refractivity (Wildman–Crippen MR) is 122 cm³/mol. The number of nitrogens with zero attached hydrogens (tertiary/aromatic N) is 2. The van der Waals surface area contributed by atoms with Crippen LogP contribution in [-0.4, -0.2) is 49.1 Å². The normalized spacial score (nSPS) is 12.8. The summed E-state index contributed by atoms with van der Waals surface area (Å²) in [5, 5.41) is 7.41. The van der Waals surface area contributed by atoms with Crippen molar-refractivity contribution in [3.63, 3.8) is 0 Å². The summed E-state index contributed by atoms with van der Waals surface area (Å²) >= 11 is 0. The minimum absolute atomic E-state index is 0.0495. The Kier molecular flexibility index (Phi) is 9.14. The van der Waals surface area contributed by atoms with Crippen LogP contribution in [0.2, 0.25) is 0 Å². The summed E-state index contributed by atoms with van der Waals surface area (Å²) in [4.78, 5) is 20.4. The van der Waals surface area contributed by atoms with Crippen molar-refractivity contribution in [1.82, 2.24) is 10.3 Å². The largest absolute Gasteiger partial charge is 0.497 e. The van der Waals surface area contributed by atoms with Crippen LogP contribution in [0, 0.1) is 0 Å². The molecule has 1 amide bonds. The van der Waals surface area contributed by atoms with Gasteiger partial charge in [0.2, 0.25) is 5.91 Å². The van der Waals surface area contributed by atoms with Crippen molar-refractivity contribution in [1.29, 1.82) is 0 Å². The van der Waals surface area contributed by atoms with E-state index in [1.54, 1.807) is 13.3 Å². The average molecular weight is 416 g/mol. The second kappa shape index (κ2) is 11.8. The molecule has 0 saturated heterocycles. The molecule has 0 aliphatic heterocycles. The zero-order valence-corrected chi connectivity index (χ0v) is 17.7. The van der Waals surface area contributed by atoms with Crippen molar-refractivity contribution >= 4 is 28.5 Å². The minimum Gasteiger partial charge on any atom is -0.497 e. The first-order valence-corrected chi connectivity index (χ1v) is 10.2. The number of aliphatic imine (C=N–C) groups is 1. The van der Waals surface area contributed by atoms with Crippen LogP contribution in [0.15, 0.2) is 35.5 Å². The molecule has 0 aliphatic carbocycles. The van der Waals surface area contributed by atoms with Crippen molar-refractivity contribution in [2.75, 3.05) is 25.5 Å². The van der Waals surface area contributed by atoms with E-state index in [0.29, 0.717) is 25.9 Å². The monoisotopic (exact) mass is 415 g/mol. The SMILES string of the molecule is COc1cc(NC(C)CCCNC(=O)[C@@H](N)CCCN=C(N)N)c2ncccc2c1. The molecule has 30 heavy (non-hydrogen) atoms. The van der Waals surface area contributed by atoms with Crippen LogP contribution < -0.4 is 32.6 Å². The molecule has 0 fully saturated rings. The molecule has 9 heteroatoms. The van der Waals surface area contributed by atoms with Gasteiger partial charge in [0.1, 0.15) is 5.75 Å². The number of nitrogens with two attached hydrogens (primary N) is 3. The van der Waals surface area contributed by atoms with Crippen molar-refractivity contribution < 1.29 is 9.53 Å². The topological polar surface area (TPSA) is 154 Å². The van der Waals surface area contributed by atoms with Gasteiger partial charge in [0.05, 0.1) is 24.4 Å². The maximum absolute atomic E-state index is 12.1. The summed E-state index contributed by atoms with van der Waals surface area (Å²) < 4.78 is 5.39. The maximum Gasteiger partial charge on any atom is 0.236 e. The summed E-state index contributed by atoms with van der Waals surface area (Å²) in [6.45, 7) is 3.15. The van der Waals surface area contributed by atoms with Crippen molar-refractivity contribution in [3.05, 3.63) is 30.5 Å². The number of guanidine groups is 1. The number of anilines is 1. The quantitative estimate of drug-likeness (QED) is 0.199. The van der Waals surface area contributed by atoms with E-state index in [1.165, 1.54) is 0 Å². The van der Waals surface area contributed by atoms with Gasteiger partial charge in [-0.05, 0) is 44.7 Å². The van der Waals surface area contributed by atoms with Gasteiger partial charge < -0.3 is 32.6 Å². The summed E-state index contributed by atoms with van der Waals surface area (Å²) in [6.07, 6.45) is 4.69. The van der Waals surface area contributed by atoms with Gasteiger partial charge in [-0.25, -0.2) is 0 Å². The zero-order valence-electron chi connectivity index (χ0n) is 17.7. The van der Waals surface area contributed by atoms with Gasteiger partial charge in [0.15, 0.2) is 5.96 Å². The number of carbonyl (C=O) groups is 1. The lowest BCUT2D eigenvalue weighted by Gasteiger charge is -2.18. The Morgan fingerprint density at radius 2 is 2.07 bits per heavy atom. The van der Waals surface area contributed by atoms with Gasteiger partial charge in [-0.3, -0.25) is 14.8 Å². The van der Waals surface area contributed by atoms with E-state index < -0.39 is 6.04 Å². The molecule has 9 nitrogen and oxygen atoms in total. The minimum atomic E-state index is -0.552. The highest BCUT2D eigenvalue weighted by Gasteiger charge is 2.13. The lowest BCUT2D eigenvalue weighted by molar-refractivity contribution is -0.122. The zero-order chi connectivity index (χ0) is 21.9. The molecule has 0 aliphatic rings. The van der Waals surface area contributed by atoms with E-state index >= 15 is 0 Å². The molecule has 2 atom stereocenters. The summed E-state index contributed by atoms with van der Waals surface area (Å²) in [5.74, 6) is 0.683. The lowest BCUT2D eigenvalue weighted by atomic mass is 10.1. The molecule has 0 saturated carbocycles. The molecule has 0 spiro atoms. The Balaban J connectivity index is 1.75. The smallest absolute Gasteiger partial charge is 0.236 e. The van der Waals surface area contributed by atoms with Gasteiger partial charge in [0.25, 0.3) is 0 Å². The summed E-state index contributed by atoms with van der Waals surface area (Å²) in [6, 6.07) is 7.49. The lowest BCUT2D eigenvalue weighted by Crippen LogP contribution is -2.41. The van der Waals surface area contributed by atoms with E-state index in [0.717, 1.165) is 35.2 Å². The third kappa shape index (κ3) is 7.40. The molecule has 1 aromatic heterocycles. The number of hydrogen-bond acceptors (Lipinski definition) is 6. The highest BCUT2D eigenvalue weighted by Crippen LogP contribution is 2.28. The van der Waals surface area contributed by atoms with Crippen LogP contribution in [0.25, 0.3) is 10.9 Å². The number of aromatic nitrogens is 1. The molecule has 0 radical (unpaired) electrons. The second-order valence-electron chi connectivity index (χ2n) is 7.28. The number of fused-ring (bicyclic) bond motifs is 1. The Morgan fingerprint density at radius 3 is 2.80 bits per heavy atom. The Labute approximate surface area is 177 Å². The molecule has 2 aromatic rings. The average Bonchev–Trinajstić information content (AvgIpc) is 2.73. The third-order valence-electron chi connectivity index (χ3n) is 4.73. The predicted octanol–water partition coefficient (Wildman–Crippen LogP) is 1.32. The first-order chi connectivity index (χ1) is 14.4. The Bertz CT molecular complexity index is 852. The van der Waals surface area contributed by atoms with E-state index in [4.69, 9.17) is 21.9 Å². The van der Waals surface area contributed by atoms with Crippen LogP contribution in [0.1, 0.15) is 32.6 Å². The van der Waals surface area contributed by atoms with Crippen LogP contribution >= 0.6 is 0 Å². The molecule has 8 N–H and O–H groups in total. The van der Waals surface area contributed by atoms with Crippen molar-refractivity contribution in [3.8, 4) is 5.75 Å². The molecule has 2 rings (SSSR count). The summed E-state index contributed by atoms with van der Waals surface area (Å²) in [7, 11) is 1.65. The fourth-order valence-corrected chi connectivity index (χ4v) is 3.13. The van der Waals surface area contributed by atoms with E-state index in [-0.39, 0.29) is 17.9 Å². The van der Waals surface area contributed by atoms with E-state index in [2.05, 4.69) is 27.5 Å². The van der Waals surface area contributed by atoms with Crippen LogP contribution in [0.4, 0.5) is 5.69 Å². The fourth-order valence-electron chi connectivity index (χ4n) is 3.13. The van der Waals surface area contributed by atoms with Crippen LogP contribution in [0.5, 0.6) is 5.75 Å². The number of pyridine rings is 1. The Morgan fingerprint density at radius 1 is 1.27 bits per heavy atom. The molecule has 1 aromatic carbocycles. The highest BCUT2D eigenvalue weighted by atomic mass is 16.5. The second-order valence-corrected chi connectivity index (χ2v) is 7.28. The standard InChI is InChI=1S/C21H33N7O2/c1-14(6-3-10-26-20(29)17(22)8-5-11-27-21(23)24)28-18-13-16(30-2)12-15-7-4-9-25-19(15)18/h4,7,9,12-14,17,28H,3,5-6,8,10-11,22H2,1-2H3,(H,26,29)(H4,23,24,27)/t14?,17-/m0/s1. The molecular weight excluding hydrogens is 382 g/mol. The molecule has 164 valence electrons. The summed E-state index contributed by atoms with van der Waals surface area (Å²) in [5.41, 5.74) is 18.3. The maximum atomic E-state index is 12.1. The van der Waals surface area contributed by atoms with E-state index in [1.807, 2.05) is 24.3 Å². The Hall–Kier alpha value is -3.07. The first kappa shape index (κ1) is 23.2. The molecular formula is C21H33N7O2. The van der Waals surface area contributed by atoms with Gasteiger partial charge >= 0.3 is 0 Å². The van der Waals surface area contributed by atoms with Crippen molar-refractivity contribution in [2.45, 2.75) is 44.7 Å². The molecule has 0 bridgehead atoms. The number of amides is 1. The molecule has 1 heterocycles. The number of carbonyl (C=O) groups excluding carboxylic acids is 1. The number of benzene rings is 1. The third-order valence-corrected chi connectivity index (χ3v) is 4.73. The number of rotatable bonds is 12. The highest BCUT2D eigenvalue weighted by molar-refractivity contribution is 5.91. The van der Waals surface area contributed by atoms with Crippen molar-refractivity contribution in [2.24, 2.45) is 22.2 Å². The van der Waals surface area contributed by atoms with Crippen LogP contribution in [0.3, 0.4) is 0 Å². The fraction of sp³-hybridized carbons (Fsp3) is 0.476. The molecule has 1 unspecified atom stereocenters. The number of nitrogens with one attached hydrogen (secondary N) is 2.